The van der Waals surface area contributed by atoms with E-state index in [0.29, 0.717) is 11.3 Å². The summed E-state index contributed by atoms with van der Waals surface area (Å²) in [5, 5.41) is 19.0. The van der Waals surface area contributed by atoms with E-state index in [1.54, 1.807) is 18.2 Å². The van der Waals surface area contributed by atoms with Crippen molar-refractivity contribution in [3.05, 3.63) is 35.9 Å². The molecule has 190 valence electrons. The highest BCUT2D eigenvalue weighted by atomic mass is 32.2. The molecule has 3 aromatic rings. The van der Waals surface area contributed by atoms with Crippen molar-refractivity contribution in [2.24, 2.45) is 5.92 Å². The number of amides is 2. The second-order valence-electron chi connectivity index (χ2n) is 7.83. The number of nitrogens with zero attached hydrogens (tertiary/aromatic N) is 4. The Kier molecular flexibility index (Phi) is 6.03. The zero-order valence-corrected chi connectivity index (χ0v) is 20.0. The van der Waals surface area contributed by atoms with Gasteiger partial charge < -0.3 is 25.2 Å². The van der Waals surface area contributed by atoms with E-state index in [1.165, 1.54) is 13.2 Å². The number of rotatable bonds is 10. The molecular formula is C21H24N8O6S. The second-order valence-corrected chi connectivity index (χ2v) is 9.66. The van der Waals surface area contributed by atoms with Gasteiger partial charge in [-0.1, -0.05) is 11.2 Å². The van der Waals surface area contributed by atoms with Crippen LogP contribution in [0.2, 0.25) is 0 Å². The van der Waals surface area contributed by atoms with Crippen molar-refractivity contribution in [3.8, 4) is 17.1 Å². The number of methoxy groups -OCH3 is 1. The van der Waals surface area contributed by atoms with E-state index in [1.807, 2.05) is 5.32 Å². The van der Waals surface area contributed by atoms with Gasteiger partial charge in [-0.05, 0) is 25.0 Å². The van der Waals surface area contributed by atoms with E-state index in [9.17, 15) is 18.0 Å². The predicted molar refractivity (Wildman–Crippen MR) is 128 cm³/mol. The van der Waals surface area contributed by atoms with Gasteiger partial charge in [0.05, 0.1) is 36.8 Å². The molecule has 2 aromatic heterocycles. The van der Waals surface area contributed by atoms with Crippen molar-refractivity contribution in [2.45, 2.75) is 19.4 Å². The van der Waals surface area contributed by atoms with Gasteiger partial charge in [-0.2, -0.15) is 4.98 Å². The molecule has 36 heavy (non-hydrogen) atoms. The average molecular weight is 520 g/mol. The van der Waals surface area contributed by atoms with Crippen LogP contribution < -0.4 is 25.4 Å². The first-order chi connectivity index (χ1) is 18.3. The lowest BCUT2D eigenvalue weighted by Gasteiger charge is -2.16. The smallest absolute Gasteiger partial charge is 0.273 e. The third-order valence-electron chi connectivity index (χ3n) is 5.01. The normalized spacial score (nSPS) is 14.8. The fourth-order valence-electron chi connectivity index (χ4n) is 3.15. The number of aromatic nitrogens is 4. The van der Waals surface area contributed by atoms with Gasteiger partial charge in [0.2, 0.25) is 27.6 Å². The van der Waals surface area contributed by atoms with Crippen LogP contribution in [0.1, 0.15) is 33.3 Å². The number of sulfonamides is 1. The van der Waals surface area contributed by atoms with Gasteiger partial charge >= 0.3 is 0 Å². The zero-order valence-electron chi connectivity index (χ0n) is 22.2. The Morgan fingerprint density at radius 1 is 1.25 bits per heavy atom. The number of hydrogen-bond donors (Lipinski definition) is 4. The van der Waals surface area contributed by atoms with Crippen LogP contribution in [-0.2, 0) is 21.4 Å². The quantitative estimate of drug-likeness (QED) is 0.299. The van der Waals surface area contributed by atoms with Gasteiger partial charge in [-0.25, -0.2) is 13.1 Å². The lowest BCUT2D eigenvalue weighted by atomic mass is 10.1. The molecule has 15 heteroatoms. The Morgan fingerprint density at radius 2 is 2.06 bits per heavy atom. The molecule has 0 unspecified atom stereocenters. The molecule has 1 aliphatic carbocycles. The first-order valence-corrected chi connectivity index (χ1v) is 12.4. The van der Waals surface area contributed by atoms with Gasteiger partial charge in [0.1, 0.15) is 0 Å². The maximum Gasteiger partial charge on any atom is 0.273 e. The summed E-state index contributed by atoms with van der Waals surface area (Å²) < 4.78 is 57.6. The highest BCUT2D eigenvalue weighted by Crippen LogP contribution is 2.37. The van der Waals surface area contributed by atoms with Crippen molar-refractivity contribution in [2.75, 3.05) is 31.0 Å². The molecule has 2 amide bonds. The van der Waals surface area contributed by atoms with Gasteiger partial charge in [0, 0.05) is 23.1 Å². The highest BCUT2D eigenvalue weighted by Gasteiger charge is 2.30. The number of ether oxygens (including phenoxy) is 1. The van der Waals surface area contributed by atoms with E-state index in [4.69, 9.17) is 13.4 Å². The molecule has 0 saturated heterocycles. The Balaban J connectivity index is 1.67. The molecule has 0 radical (unpaired) electrons. The van der Waals surface area contributed by atoms with E-state index in [-0.39, 0.29) is 53.0 Å². The first kappa shape index (κ1) is 21.2. The summed E-state index contributed by atoms with van der Waals surface area (Å²) in [5.74, 6) is -1.03. The fourth-order valence-corrected chi connectivity index (χ4v) is 3.54. The number of benzene rings is 1. The summed E-state index contributed by atoms with van der Waals surface area (Å²) in [4.78, 5) is 29.1. The highest BCUT2D eigenvalue weighted by molar-refractivity contribution is 7.88. The summed E-state index contributed by atoms with van der Waals surface area (Å²) in [7, 11) is -2.11. The minimum Gasteiger partial charge on any atom is -0.494 e. The minimum atomic E-state index is -3.48. The molecule has 1 aromatic carbocycles. The number of nitrogens with one attached hydrogen (secondary N) is 4. The molecule has 1 saturated carbocycles. The largest absolute Gasteiger partial charge is 0.494 e. The molecule has 0 atom stereocenters. The van der Waals surface area contributed by atoms with Crippen molar-refractivity contribution >= 4 is 39.0 Å². The SMILES string of the molecule is [2H]C([2H])([2H])NC(=O)c1nnc(NC(=O)C2CC2)cc1Nc1cccc(-c2noc(CNS(C)(=O)=O)n2)c1OC. The van der Waals surface area contributed by atoms with Crippen LogP contribution in [0.3, 0.4) is 0 Å². The maximum absolute atomic E-state index is 12.7. The number of anilines is 3. The molecule has 14 nitrogen and oxygen atoms in total. The number of carbonyl (C=O) groups excluding carboxylic acids is 2. The molecule has 0 bridgehead atoms. The third-order valence-corrected chi connectivity index (χ3v) is 5.67. The molecule has 4 N–H and O–H groups in total. The van der Waals surface area contributed by atoms with E-state index in [2.05, 4.69) is 35.7 Å². The number of carbonyl (C=O) groups is 2. The van der Waals surface area contributed by atoms with Crippen LogP contribution in [0.25, 0.3) is 11.4 Å². The molecular weight excluding hydrogens is 492 g/mol. The summed E-state index contributed by atoms with van der Waals surface area (Å²) in [5.41, 5.74) is 0.330. The monoisotopic (exact) mass is 519 g/mol. The average Bonchev–Trinajstić information content (AvgIpc) is 3.59. The Morgan fingerprint density at radius 3 is 2.75 bits per heavy atom. The lowest BCUT2D eigenvalue weighted by molar-refractivity contribution is -0.117. The second kappa shape index (κ2) is 10.2. The van der Waals surface area contributed by atoms with Gasteiger partial charge in [-0.3, -0.25) is 9.59 Å². The minimum absolute atomic E-state index is 0.00819. The van der Waals surface area contributed by atoms with Crippen molar-refractivity contribution in [3.63, 3.8) is 0 Å². The molecule has 1 fully saturated rings. The van der Waals surface area contributed by atoms with Crippen molar-refractivity contribution in [1.82, 2.24) is 30.4 Å². The van der Waals surface area contributed by atoms with Crippen LogP contribution >= 0.6 is 0 Å². The van der Waals surface area contributed by atoms with Crippen molar-refractivity contribution < 1.29 is 31.4 Å². The molecule has 0 spiro atoms. The molecule has 1 aliphatic rings. The standard InChI is InChI=1S/C21H24N8O6S/c1-22-21(31)17-14(9-15(27-28-17)25-20(30)11-7-8-11)24-13-6-4-5-12(18(13)34-2)19-26-16(35-29-19)10-23-36(3,32)33/h4-6,9,11,23H,7-8,10H2,1-3H3,(H,22,31)(H2,24,25,27,30)/i1D3. The van der Waals surface area contributed by atoms with E-state index in [0.717, 1.165) is 19.1 Å². The van der Waals surface area contributed by atoms with Crippen LogP contribution in [0.15, 0.2) is 28.8 Å². The van der Waals surface area contributed by atoms with Gasteiger partial charge in [-0.15, -0.1) is 10.2 Å². The van der Waals surface area contributed by atoms with E-state index >= 15 is 0 Å². The number of para-hydroxylation sites is 1. The topological polar surface area (TPSA) is 190 Å². The third kappa shape index (κ3) is 5.92. The molecule has 4 rings (SSSR count). The molecule has 2 heterocycles. The van der Waals surface area contributed by atoms with Gasteiger partial charge in [0.15, 0.2) is 17.3 Å². The Hall–Kier alpha value is -4.11. The van der Waals surface area contributed by atoms with Crippen LogP contribution in [-0.4, -0.2) is 60.9 Å². The predicted octanol–water partition coefficient (Wildman–Crippen LogP) is 1.04. The zero-order chi connectivity index (χ0) is 28.4. The number of hydrogen-bond acceptors (Lipinski definition) is 11. The lowest BCUT2D eigenvalue weighted by Crippen LogP contribution is -2.22. The Labute approximate surface area is 210 Å². The Bertz CT molecular complexity index is 1510. The summed E-state index contributed by atoms with van der Waals surface area (Å²) >= 11 is 0. The van der Waals surface area contributed by atoms with Crippen molar-refractivity contribution in [1.29, 1.82) is 0 Å². The maximum atomic E-state index is 12.7. The van der Waals surface area contributed by atoms with Crippen LogP contribution in [0.4, 0.5) is 17.2 Å². The van der Waals surface area contributed by atoms with Crippen LogP contribution in [0.5, 0.6) is 5.75 Å². The van der Waals surface area contributed by atoms with Gasteiger partial charge in [0.25, 0.3) is 5.91 Å². The molecule has 0 aliphatic heterocycles. The fraction of sp³-hybridized carbons (Fsp3) is 0.333. The first-order valence-electron chi connectivity index (χ1n) is 12.1. The summed E-state index contributed by atoms with van der Waals surface area (Å²) in [6.45, 7) is -3.00. The summed E-state index contributed by atoms with van der Waals surface area (Å²) in [6.07, 6.45) is 2.51. The summed E-state index contributed by atoms with van der Waals surface area (Å²) in [6, 6.07) is 6.19. The van der Waals surface area contributed by atoms with Crippen LogP contribution in [0, 0.1) is 5.92 Å². The van der Waals surface area contributed by atoms with E-state index < -0.39 is 22.9 Å².